The number of methoxy groups -OCH3 is 1. The highest BCUT2D eigenvalue weighted by Crippen LogP contribution is 2.37. The number of amides is 2. The first-order chi connectivity index (χ1) is 12.5. The van der Waals surface area contributed by atoms with E-state index in [-0.39, 0.29) is 11.8 Å². The summed E-state index contributed by atoms with van der Waals surface area (Å²) >= 11 is 0. The second kappa shape index (κ2) is 5.88. The molecule has 3 aromatic rings. The minimum atomic E-state index is -0.347. The van der Waals surface area contributed by atoms with Crippen molar-refractivity contribution in [1.82, 2.24) is 5.01 Å². The molecule has 0 aromatic heterocycles. The molecule has 4 rings (SSSR count). The minimum absolute atomic E-state index is 0.324. The molecule has 1 aliphatic heterocycles. The molecule has 0 spiro atoms. The maximum Gasteiger partial charge on any atom is 0.281 e. The number of ether oxygens (including phenoxy) is 1. The number of imide groups is 1. The van der Waals surface area contributed by atoms with Crippen LogP contribution >= 0.6 is 0 Å². The molecule has 3 aromatic carbocycles. The lowest BCUT2D eigenvalue weighted by Crippen LogP contribution is -2.44. The van der Waals surface area contributed by atoms with Crippen LogP contribution < -0.4 is 9.75 Å². The Hall–Kier alpha value is -3.34. The fraction of sp³-hybridized carbons (Fsp3) is 0.143. The van der Waals surface area contributed by atoms with Gasteiger partial charge in [-0.3, -0.25) is 14.6 Å². The summed E-state index contributed by atoms with van der Waals surface area (Å²) < 4.78 is 5.44. The van der Waals surface area contributed by atoms with Crippen LogP contribution in [0.3, 0.4) is 0 Å². The quantitative estimate of drug-likeness (QED) is 0.677. The number of para-hydroxylation sites is 1. The maximum absolute atomic E-state index is 13.2. The molecule has 0 radical (unpaired) electrons. The van der Waals surface area contributed by atoms with Crippen molar-refractivity contribution in [2.75, 3.05) is 19.2 Å². The zero-order chi connectivity index (χ0) is 18.4. The van der Waals surface area contributed by atoms with E-state index in [2.05, 4.69) is 0 Å². The normalized spacial score (nSPS) is 13.3. The van der Waals surface area contributed by atoms with Crippen LogP contribution in [0, 0.1) is 6.92 Å². The molecule has 1 aliphatic rings. The first-order valence-corrected chi connectivity index (χ1v) is 8.32. The van der Waals surface area contributed by atoms with Crippen molar-refractivity contribution >= 4 is 28.3 Å². The fourth-order valence-electron chi connectivity index (χ4n) is 3.53. The number of aryl methyl sites for hydroxylation is 1. The Kier molecular flexibility index (Phi) is 3.65. The Balaban J connectivity index is 1.89. The summed E-state index contributed by atoms with van der Waals surface area (Å²) in [5.74, 6) is -0.0877. The van der Waals surface area contributed by atoms with Gasteiger partial charge < -0.3 is 4.74 Å². The van der Waals surface area contributed by atoms with Gasteiger partial charge in [-0.05, 0) is 30.0 Å². The van der Waals surface area contributed by atoms with E-state index >= 15 is 0 Å². The van der Waals surface area contributed by atoms with Crippen molar-refractivity contribution in [3.05, 3.63) is 71.3 Å². The van der Waals surface area contributed by atoms with Gasteiger partial charge >= 0.3 is 0 Å². The van der Waals surface area contributed by atoms with Crippen molar-refractivity contribution in [2.45, 2.75) is 6.92 Å². The third kappa shape index (κ3) is 2.17. The maximum atomic E-state index is 13.2. The molecule has 0 saturated heterocycles. The van der Waals surface area contributed by atoms with Gasteiger partial charge in [0.05, 0.1) is 23.9 Å². The predicted octanol–water partition coefficient (Wildman–Crippen LogP) is 3.80. The fourth-order valence-corrected chi connectivity index (χ4v) is 3.53. The van der Waals surface area contributed by atoms with Crippen LogP contribution in [0.25, 0.3) is 10.8 Å². The molecule has 0 aliphatic carbocycles. The highest BCUT2D eigenvalue weighted by atomic mass is 16.5. The van der Waals surface area contributed by atoms with E-state index in [4.69, 9.17) is 4.74 Å². The van der Waals surface area contributed by atoms with Crippen LogP contribution in [0.15, 0.2) is 54.6 Å². The van der Waals surface area contributed by atoms with E-state index in [1.165, 1.54) is 5.01 Å². The molecule has 0 fully saturated rings. The average Bonchev–Trinajstić information content (AvgIpc) is 2.91. The zero-order valence-corrected chi connectivity index (χ0v) is 14.8. The van der Waals surface area contributed by atoms with Gasteiger partial charge in [-0.1, -0.05) is 42.5 Å². The zero-order valence-electron chi connectivity index (χ0n) is 14.8. The van der Waals surface area contributed by atoms with Gasteiger partial charge in [0.2, 0.25) is 0 Å². The van der Waals surface area contributed by atoms with Gasteiger partial charge in [0.15, 0.2) is 0 Å². The van der Waals surface area contributed by atoms with E-state index in [1.807, 2.05) is 55.5 Å². The van der Waals surface area contributed by atoms with Crippen LogP contribution in [0.2, 0.25) is 0 Å². The van der Waals surface area contributed by atoms with Crippen molar-refractivity contribution in [3.63, 3.8) is 0 Å². The van der Waals surface area contributed by atoms with Gasteiger partial charge in [-0.25, -0.2) is 0 Å². The first-order valence-electron chi connectivity index (χ1n) is 8.32. The molecule has 0 bridgehead atoms. The molecule has 1 heterocycles. The molecule has 0 unspecified atom stereocenters. The molecule has 0 atom stereocenters. The van der Waals surface area contributed by atoms with Crippen molar-refractivity contribution < 1.29 is 14.3 Å². The molecule has 5 nitrogen and oxygen atoms in total. The monoisotopic (exact) mass is 346 g/mol. The van der Waals surface area contributed by atoms with Crippen LogP contribution in [-0.4, -0.2) is 31.0 Å². The van der Waals surface area contributed by atoms with Crippen LogP contribution in [0.1, 0.15) is 26.3 Å². The van der Waals surface area contributed by atoms with Gasteiger partial charge in [0.1, 0.15) is 5.75 Å². The molecule has 2 amide bonds. The molecule has 130 valence electrons. The Morgan fingerprint density at radius 2 is 1.58 bits per heavy atom. The number of carbonyl (C=O) groups is 2. The lowest BCUT2D eigenvalue weighted by Gasteiger charge is -2.29. The van der Waals surface area contributed by atoms with Gasteiger partial charge in [-0.15, -0.1) is 0 Å². The molecule has 5 heteroatoms. The van der Waals surface area contributed by atoms with Crippen LogP contribution in [-0.2, 0) is 0 Å². The molecular formula is C21H18N2O3. The van der Waals surface area contributed by atoms with Gasteiger partial charge in [-0.2, -0.15) is 5.01 Å². The number of carbonyl (C=O) groups excluding carboxylic acids is 2. The highest BCUT2D eigenvalue weighted by molar-refractivity contribution is 6.27. The van der Waals surface area contributed by atoms with Crippen molar-refractivity contribution in [2.24, 2.45) is 0 Å². The van der Waals surface area contributed by atoms with E-state index in [1.54, 1.807) is 25.2 Å². The summed E-state index contributed by atoms with van der Waals surface area (Å²) in [5.41, 5.74) is 2.57. The molecule has 0 N–H and O–H groups in total. The van der Waals surface area contributed by atoms with E-state index in [0.717, 1.165) is 22.0 Å². The number of rotatable bonds is 3. The second-order valence-electron chi connectivity index (χ2n) is 6.28. The standard InChI is InChI=1S/C21H18N2O3/c1-13-8-4-7-11-17(13)22(2)23-20(24)16-12-18(26-3)14-9-5-6-10-15(14)19(16)21(23)25/h4-12H,1-3H3. The Morgan fingerprint density at radius 3 is 2.27 bits per heavy atom. The second-order valence-corrected chi connectivity index (χ2v) is 6.28. The third-order valence-electron chi connectivity index (χ3n) is 4.82. The Bertz CT molecular complexity index is 1060. The predicted molar refractivity (Wildman–Crippen MR) is 101 cm³/mol. The van der Waals surface area contributed by atoms with Crippen molar-refractivity contribution in [1.29, 1.82) is 0 Å². The largest absolute Gasteiger partial charge is 0.496 e. The smallest absolute Gasteiger partial charge is 0.281 e. The van der Waals surface area contributed by atoms with Crippen molar-refractivity contribution in [3.8, 4) is 5.75 Å². The molecule has 0 saturated carbocycles. The van der Waals surface area contributed by atoms with E-state index in [9.17, 15) is 9.59 Å². The Morgan fingerprint density at radius 1 is 0.923 bits per heavy atom. The summed E-state index contributed by atoms with van der Waals surface area (Å²) in [5, 5.41) is 4.34. The molecule has 26 heavy (non-hydrogen) atoms. The van der Waals surface area contributed by atoms with Crippen LogP contribution in [0.5, 0.6) is 5.75 Å². The number of nitrogens with zero attached hydrogens (tertiary/aromatic N) is 2. The summed E-state index contributed by atoms with van der Waals surface area (Å²) in [6, 6.07) is 16.8. The number of anilines is 1. The number of hydrogen-bond donors (Lipinski definition) is 0. The minimum Gasteiger partial charge on any atom is -0.496 e. The van der Waals surface area contributed by atoms with E-state index in [0.29, 0.717) is 16.9 Å². The first kappa shape index (κ1) is 16.1. The lowest BCUT2D eigenvalue weighted by atomic mass is 9.99. The topological polar surface area (TPSA) is 49.9 Å². The highest BCUT2D eigenvalue weighted by Gasteiger charge is 2.40. The number of hydrogen-bond acceptors (Lipinski definition) is 4. The summed E-state index contributed by atoms with van der Waals surface area (Å²) in [6.07, 6.45) is 0. The summed E-state index contributed by atoms with van der Waals surface area (Å²) in [4.78, 5) is 26.2. The number of fused-ring (bicyclic) bond motifs is 3. The SMILES string of the molecule is COc1cc2c(c3ccccc13)C(=O)N(N(C)c1ccccc1C)C2=O. The number of benzene rings is 3. The molecular weight excluding hydrogens is 328 g/mol. The van der Waals surface area contributed by atoms with Gasteiger partial charge in [0.25, 0.3) is 11.8 Å². The average molecular weight is 346 g/mol. The summed E-state index contributed by atoms with van der Waals surface area (Å²) in [7, 11) is 3.29. The Labute approximate surface area is 151 Å². The summed E-state index contributed by atoms with van der Waals surface area (Å²) in [6.45, 7) is 1.95. The van der Waals surface area contributed by atoms with Crippen LogP contribution in [0.4, 0.5) is 5.69 Å². The number of hydrazine groups is 1. The van der Waals surface area contributed by atoms with Gasteiger partial charge in [0, 0.05) is 12.4 Å². The third-order valence-corrected chi connectivity index (χ3v) is 4.82. The lowest BCUT2D eigenvalue weighted by molar-refractivity contribution is 0.0645. The van der Waals surface area contributed by atoms with E-state index < -0.39 is 0 Å².